The number of carbonyl (C=O) groups excluding carboxylic acids is 1. The van der Waals surface area contributed by atoms with Crippen LogP contribution in [-0.2, 0) is 30.6 Å². The number of nitrogens with zero attached hydrogens (tertiary/aromatic N) is 1. The predicted molar refractivity (Wildman–Crippen MR) is 141 cm³/mol. The van der Waals surface area contributed by atoms with Crippen molar-refractivity contribution in [3.63, 3.8) is 0 Å². The minimum Gasteiger partial charge on any atom is -0.508 e. The highest BCUT2D eigenvalue weighted by molar-refractivity contribution is 5.78. The number of phenolic OH excluding ortho intramolecular Hbond substituents is 1. The van der Waals surface area contributed by atoms with Gasteiger partial charge in [0.2, 0.25) is 5.91 Å². The number of hydrogen-bond acceptors (Lipinski definition) is 4. The van der Waals surface area contributed by atoms with Crippen molar-refractivity contribution in [1.29, 1.82) is 0 Å². The Balaban J connectivity index is 1.56. The van der Waals surface area contributed by atoms with Gasteiger partial charge >= 0.3 is 0 Å². The molecule has 35 heavy (non-hydrogen) atoms. The maximum Gasteiger partial charge on any atom is 0.224 e. The topological polar surface area (TPSA) is 61.8 Å². The fraction of sp³-hybridized carbons (Fsp3) is 0.367. The molecule has 0 saturated carbocycles. The number of benzene rings is 3. The van der Waals surface area contributed by atoms with Crippen LogP contribution in [0.25, 0.3) is 0 Å². The molecule has 0 aromatic heterocycles. The molecule has 0 spiro atoms. The summed E-state index contributed by atoms with van der Waals surface area (Å²) in [6.07, 6.45) is 3.41. The molecule has 1 amide bonds. The quantitative estimate of drug-likeness (QED) is 0.439. The highest BCUT2D eigenvalue weighted by Gasteiger charge is 2.24. The second kappa shape index (κ2) is 11.3. The number of hydrogen-bond donors (Lipinski definition) is 2. The van der Waals surface area contributed by atoms with E-state index in [9.17, 15) is 9.90 Å². The normalized spacial score (nSPS) is 14.8. The summed E-state index contributed by atoms with van der Waals surface area (Å²) >= 11 is 0. The molecule has 1 aliphatic rings. The summed E-state index contributed by atoms with van der Waals surface area (Å²) in [7, 11) is 1.71. The zero-order valence-electron chi connectivity index (χ0n) is 21.0. The van der Waals surface area contributed by atoms with E-state index in [-0.39, 0.29) is 5.91 Å². The SMILES string of the molecule is CCNC(=O)Cc1ccc(CN(CC)c2cc(OC)ccc2[C@@H]2CCc3cc(O)ccc3C2)cc1. The Morgan fingerprint density at radius 2 is 1.80 bits per heavy atom. The van der Waals surface area contributed by atoms with Crippen molar-refractivity contribution in [2.24, 2.45) is 0 Å². The Hall–Kier alpha value is -3.47. The highest BCUT2D eigenvalue weighted by atomic mass is 16.5. The zero-order valence-corrected chi connectivity index (χ0v) is 21.0. The maximum atomic E-state index is 11.9. The highest BCUT2D eigenvalue weighted by Crippen LogP contribution is 2.40. The van der Waals surface area contributed by atoms with Crippen LogP contribution in [0.3, 0.4) is 0 Å². The summed E-state index contributed by atoms with van der Waals surface area (Å²) in [4.78, 5) is 14.3. The van der Waals surface area contributed by atoms with Gasteiger partial charge in [-0.05, 0) is 85.0 Å². The van der Waals surface area contributed by atoms with Gasteiger partial charge in [0.25, 0.3) is 0 Å². The minimum absolute atomic E-state index is 0.0562. The maximum absolute atomic E-state index is 11.9. The summed E-state index contributed by atoms with van der Waals surface area (Å²) < 4.78 is 5.59. The number of anilines is 1. The molecule has 4 rings (SSSR count). The number of aromatic hydroxyl groups is 1. The van der Waals surface area contributed by atoms with Gasteiger partial charge in [0.15, 0.2) is 0 Å². The number of rotatable bonds is 9. The van der Waals surface area contributed by atoms with Crippen LogP contribution >= 0.6 is 0 Å². The van der Waals surface area contributed by atoms with Crippen LogP contribution < -0.4 is 15.0 Å². The number of amides is 1. The van der Waals surface area contributed by atoms with E-state index in [1.165, 1.54) is 27.9 Å². The second-order valence-corrected chi connectivity index (χ2v) is 9.28. The summed E-state index contributed by atoms with van der Waals surface area (Å²) in [5.74, 6) is 1.68. The van der Waals surface area contributed by atoms with E-state index < -0.39 is 0 Å². The molecule has 1 aliphatic carbocycles. The molecule has 0 heterocycles. The Kier molecular flexibility index (Phi) is 7.96. The first kappa shape index (κ1) is 24.6. The standard InChI is InChI=1S/C30H36N2O3/c1-4-31-30(34)16-21-6-8-22(9-7-21)20-32(5-2)29-19-27(35-3)14-15-28(29)25-11-10-24-18-26(33)13-12-23(24)17-25/h6-9,12-15,18-19,25,33H,4-5,10-11,16-17,20H2,1-3H3,(H,31,34)/t25-/m1/s1. The van der Waals surface area contributed by atoms with E-state index in [0.717, 1.165) is 43.7 Å². The van der Waals surface area contributed by atoms with Gasteiger partial charge < -0.3 is 20.1 Å². The van der Waals surface area contributed by atoms with Crippen molar-refractivity contribution < 1.29 is 14.6 Å². The molecular formula is C30H36N2O3. The van der Waals surface area contributed by atoms with Gasteiger partial charge in [0, 0.05) is 31.4 Å². The lowest BCUT2D eigenvalue weighted by atomic mass is 9.79. The van der Waals surface area contributed by atoms with Crippen LogP contribution in [0.1, 0.15) is 54.0 Å². The lowest BCUT2D eigenvalue weighted by molar-refractivity contribution is -0.120. The smallest absolute Gasteiger partial charge is 0.224 e. The molecule has 0 saturated heterocycles. The Bertz CT molecular complexity index is 1160. The van der Waals surface area contributed by atoms with Crippen molar-refractivity contribution in [2.45, 2.75) is 52.0 Å². The molecule has 5 nitrogen and oxygen atoms in total. The van der Waals surface area contributed by atoms with E-state index in [2.05, 4.69) is 65.7 Å². The summed E-state index contributed by atoms with van der Waals surface area (Å²) in [6.45, 7) is 6.43. The van der Waals surface area contributed by atoms with Gasteiger partial charge in [0.05, 0.1) is 13.5 Å². The molecule has 5 heteroatoms. The molecule has 1 atom stereocenters. The van der Waals surface area contributed by atoms with Crippen molar-refractivity contribution in [1.82, 2.24) is 5.32 Å². The van der Waals surface area contributed by atoms with E-state index in [1.807, 2.05) is 13.0 Å². The third-order valence-electron chi connectivity index (χ3n) is 6.95. The third-order valence-corrected chi connectivity index (χ3v) is 6.95. The zero-order chi connectivity index (χ0) is 24.8. The fourth-order valence-electron chi connectivity index (χ4n) is 5.07. The number of likely N-dealkylation sites (N-methyl/N-ethyl adjacent to an activating group) is 1. The van der Waals surface area contributed by atoms with Crippen molar-refractivity contribution in [3.05, 3.63) is 88.5 Å². The van der Waals surface area contributed by atoms with Gasteiger partial charge in [-0.3, -0.25) is 4.79 Å². The van der Waals surface area contributed by atoms with Crippen LogP contribution in [0, 0.1) is 0 Å². The van der Waals surface area contributed by atoms with Gasteiger partial charge in [0.1, 0.15) is 11.5 Å². The van der Waals surface area contributed by atoms with Gasteiger partial charge in [-0.1, -0.05) is 36.4 Å². The minimum atomic E-state index is 0.0562. The first-order valence-corrected chi connectivity index (χ1v) is 12.6. The first-order chi connectivity index (χ1) is 17.0. The van der Waals surface area contributed by atoms with Crippen LogP contribution in [-0.4, -0.2) is 31.2 Å². The average molecular weight is 473 g/mol. The molecule has 3 aromatic carbocycles. The van der Waals surface area contributed by atoms with E-state index in [4.69, 9.17) is 4.74 Å². The van der Waals surface area contributed by atoms with Gasteiger partial charge in [-0.25, -0.2) is 0 Å². The average Bonchev–Trinajstić information content (AvgIpc) is 2.87. The molecule has 184 valence electrons. The summed E-state index contributed by atoms with van der Waals surface area (Å²) in [5, 5.41) is 12.7. The number of ether oxygens (including phenoxy) is 1. The lowest BCUT2D eigenvalue weighted by Crippen LogP contribution is -2.25. The molecule has 0 radical (unpaired) electrons. The number of nitrogens with one attached hydrogen (secondary N) is 1. The van der Waals surface area contributed by atoms with Crippen molar-refractivity contribution in [2.75, 3.05) is 25.1 Å². The first-order valence-electron chi connectivity index (χ1n) is 12.6. The van der Waals surface area contributed by atoms with Crippen LogP contribution in [0.4, 0.5) is 5.69 Å². The Labute approximate surface area is 208 Å². The van der Waals surface area contributed by atoms with Crippen LogP contribution in [0.5, 0.6) is 11.5 Å². The number of fused-ring (bicyclic) bond motifs is 1. The van der Waals surface area contributed by atoms with Crippen molar-refractivity contribution in [3.8, 4) is 11.5 Å². The molecule has 0 unspecified atom stereocenters. The molecule has 0 bridgehead atoms. The number of carbonyl (C=O) groups is 1. The molecule has 0 fully saturated rings. The Morgan fingerprint density at radius 1 is 1.03 bits per heavy atom. The summed E-state index contributed by atoms with van der Waals surface area (Å²) in [5.41, 5.74) is 7.38. The molecule has 2 N–H and O–H groups in total. The number of methoxy groups -OCH3 is 1. The largest absolute Gasteiger partial charge is 0.508 e. The molecular weight excluding hydrogens is 436 g/mol. The van der Waals surface area contributed by atoms with Crippen LogP contribution in [0.15, 0.2) is 60.7 Å². The lowest BCUT2D eigenvalue weighted by Gasteiger charge is -2.32. The number of phenols is 1. The van der Waals surface area contributed by atoms with E-state index in [1.54, 1.807) is 13.2 Å². The Morgan fingerprint density at radius 3 is 2.51 bits per heavy atom. The molecule has 0 aliphatic heterocycles. The van der Waals surface area contributed by atoms with E-state index >= 15 is 0 Å². The summed E-state index contributed by atoms with van der Waals surface area (Å²) in [6, 6.07) is 20.6. The van der Waals surface area contributed by atoms with E-state index in [0.29, 0.717) is 24.6 Å². The van der Waals surface area contributed by atoms with Gasteiger partial charge in [-0.15, -0.1) is 0 Å². The number of aryl methyl sites for hydroxylation is 1. The van der Waals surface area contributed by atoms with Gasteiger partial charge in [-0.2, -0.15) is 0 Å². The predicted octanol–water partition coefficient (Wildman–Crippen LogP) is 5.38. The second-order valence-electron chi connectivity index (χ2n) is 9.28. The monoisotopic (exact) mass is 472 g/mol. The third kappa shape index (κ3) is 5.97. The fourth-order valence-corrected chi connectivity index (χ4v) is 5.07. The van der Waals surface area contributed by atoms with Crippen LogP contribution in [0.2, 0.25) is 0 Å². The molecule has 3 aromatic rings. The van der Waals surface area contributed by atoms with Crippen molar-refractivity contribution >= 4 is 11.6 Å².